The molecule has 2 N–H and O–H groups in total. The van der Waals surface area contributed by atoms with Gasteiger partial charge in [0.25, 0.3) is 0 Å². The summed E-state index contributed by atoms with van der Waals surface area (Å²) < 4.78 is 5.82. The molecule has 2 saturated heterocycles. The van der Waals surface area contributed by atoms with E-state index < -0.39 is 0 Å². The molecule has 8 nitrogen and oxygen atoms in total. The average molecular weight is 417 g/mol. The summed E-state index contributed by atoms with van der Waals surface area (Å²) in [6, 6.07) is 3.51. The molecule has 8 heteroatoms. The van der Waals surface area contributed by atoms with Gasteiger partial charge in [-0.05, 0) is 59.2 Å². The molecule has 2 fully saturated rings. The lowest BCUT2D eigenvalue weighted by Gasteiger charge is -2.31. The molecule has 2 heterocycles. The quantitative estimate of drug-likeness (QED) is 0.363. The van der Waals surface area contributed by atoms with Crippen molar-refractivity contribution in [3.8, 4) is 11.5 Å². The van der Waals surface area contributed by atoms with Crippen molar-refractivity contribution < 1.29 is 9.84 Å². The number of nitrogens with zero attached hydrogens (tertiary/aromatic N) is 5. The molecule has 0 aliphatic carbocycles. The molecule has 166 valence electrons. The lowest BCUT2D eigenvalue weighted by atomic mass is 10.1. The molecular formula is C22H36N6O2. The number of piperazine rings is 1. The third-order valence-corrected chi connectivity index (χ3v) is 5.53. The Labute approximate surface area is 180 Å². The van der Waals surface area contributed by atoms with Gasteiger partial charge in [-0.15, -0.1) is 0 Å². The number of rotatable bonds is 9. The van der Waals surface area contributed by atoms with Gasteiger partial charge >= 0.3 is 0 Å². The van der Waals surface area contributed by atoms with Gasteiger partial charge in [0.1, 0.15) is 5.84 Å². The van der Waals surface area contributed by atoms with Crippen molar-refractivity contribution in [1.29, 1.82) is 0 Å². The normalized spacial score (nSPS) is 18.2. The maximum Gasteiger partial charge on any atom is 0.163 e. The van der Waals surface area contributed by atoms with Crippen molar-refractivity contribution in [3.05, 3.63) is 17.7 Å². The first kappa shape index (κ1) is 22.5. The minimum Gasteiger partial charge on any atom is -0.504 e. The Hall–Kier alpha value is -2.16. The number of amidine groups is 1. The summed E-state index contributed by atoms with van der Waals surface area (Å²) in [5, 5.41) is 14.0. The maximum atomic E-state index is 10.7. The Balaban J connectivity index is 1.82. The fraction of sp³-hybridized carbons (Fsp3) is 0.636. The molecule has 0 bridgehead atoms. The fourth-order valence-corrected chi connectivity index (χ4v) is 3.87. The third-order valence-electron chi connectivity index (χ3n) is 5.53. The molecule has 0 amide bonds. The molecule has 0 saturated carbocycles. The monoisotopic (exact) mass is 416 g/mol. The van der Waals surface area contributed by atoms with E-state index in [4.69, 9.17) is 9.73 Å². The Morgan fingerprint density at radius 1 is 1.20 bits per heavy atom. The predicted octanol–water partition coefficient (Wildman–Crippen LogP) is 1.76. The van der Waals surface area contributed by atoms with Gasteiger partial charge in [-0.25, -0.2) is 0 Å². The van der Waals surface area contributed by atoms with E-state index in [9.17, 15) is 5.11 Å². The second kappa shape index (κ2) is 11.3. The van der Waals surface area contributed by atoms with E-state index in [0.29, 0.717) is 24.7 Å². The summed E-state index contributed by atoms with van der Waals surface area (Å²) >= 11 is 0. The highest BCUT2D eigenvalue weighted by Crippen LogP contribution is 2.35. The summed E-state index contributed by atoms with van der Waals surface area (Å²) in [6.07, 6.45) is 3.35. The zero-order valence-electron chi connectivity index (χ0n) is 18.4. The molecule has 3 rings (SSSR count). The van der Waals surface area contributed by atoms with E-state index in [0.717, 1.165) is 63.6 Å². The number of hydrogen-bond acceptors (Lipinski definition) is 7. The number of phenols is 1. The Bertz CT molecular complexity index is 725. The summed E-state index contributed by atoms with van der Waals surface area (Å²) in [5.41, 5.74) is 1.50. The molecule has 1 aromatic carbocycles. The van der Waals surface area contributed by atoms with E-state index in [1.807, 2.05) is 14.1 Å². The summed E-state index contributed by atoms with van der Waals surface area (Å²) in [4.78, 5) is 16.0. The lowest BCUT2D eigenvalue weighted by Crippen LogP contribution is -2.47. The van der Waals surface area contributed by atoms with E-state index in [1.165, 1.54) is 12.8 Å². The second-order valence-corrected chi connectivity index (χ2v) is 8.19. The van der Waals surface area contributed by atoms with Crippen LogP contribution in [0.5, 0.6) is 11.5 Å². The molecule has 0 atom stereocenters. The molecular weight excluding hydrogens is 380 g/mol. The van der Waals surface area contributed by atoms with Crippen molar-refractivity contribution in [2.75, 3.05) is 73.2 Å². The second-order valence-electron chi connectivity index (χ2n) is 8.19. The van der Waals surface area contributed by atoms with Crippen molar-refractivity contribution in [2.45, 2.75) is 19.3 Å². The van der Waals surface area contributed by atoms with E-state index >= 15 is 0 Å². The first-order chi connectivity index (χ1) is 14.6. The number of ether oxygens (including phenoxy) is 1. The summed E-state index contributed by atoms with van der Waals surface area (Å²) in [7, 11) is 4.07. The van der Waals surface area contributed by atoms with E-state index in [1.54, 1.807) is 12.1 Å². The van der Waals surface area contributed by atoms with Gasteiger partial charge in [0, 0.05) is 44.4 Å². The van der Waals surface area contributed by atoms with Crippen LogP contribution in [0.15, 0.2) is 22.1 Å². The minimum absolute atomic E-state index is 0.117. The van der Waals surface area contributed by atoms with Crippen LogP contribution in [0.3, 0.4) is 0 Å². The molecule has 2 aliphatic rings. The lowest BCUT2D eigenvalue weighted by molar-refractivity contribution is 0.271. The van der Waals surface area contributed by atoms with Crippen LogP contribution in [0, 0.1) is 0 Å². The van der Waals surface area contributed by atoms with Crippen LogP contribution >= 0.6 is 0 Å². The fourth-order valence-electron chi connectivity index (χ4n) is 3.87. The van der Waals surface area contributed by atoms with Crippen molar-refractivity contribution >= 4 is 18.2 Å². The summed E-state index contributed by atoms with van der Waals surface area (Å²) in [5.74, 6) is 1.44. The van der Waals surface area contributed by atoms with Crippen LogP contribution < -0.4 is 10.1 Å². The van der Waals surface area contributed by atoms with E-state index in [2.05, 4.69) is 31.7 Å². The predicted molar refractivity (Wildman–Crippen MR) is 123 cm³/mol. The van der Waals surface area contributed by atoms with Gasteiger partial charge < -0.3 is 25.0 Å². The molecule has 0 aromatic heterocycles. The first-order valence-electron chi connectivity index (χ1n) is 10.9. The van der Waals surface area contributed by atoms with Gasteiger partial charge in [-0.2, -0.15) is 0 Å². The van der Waals surface area contributed by atoms with Gasteiger partial charge in [0.05, 0.1) is 19.0 Å². The van der Waals surface area contributed by atoms with Crippen LogP contribution in [-0.4, -0.2) is 106 Å². The smallest absolute Gasteiger partial charge is 0.163 e. The Morgan fingerprint density at radius 3 is 2.60 bits per heavy atom. The number of phenolic OH excluding ortho intramolecular Hbond substituents is 1. The van der Waals surface area contributed by atoms with Crippen LogP contribution in [0.1, 0.15) is 24.8 Å². The minimum atomic E-state index is 0.117. The van der Waals surface area contributed by atoms with Crippen molar-refractivity contribution in [1.82, 2.24) is 20.0 Å². The van der Waals surface area contributed by atoms with Gasteiger partial charge in [0.2, 0.25) is 0 Å². The third kappa shape index (κ3) is 6.17. The molecule has 1 aromatic rings. The molecule has 0 spiro atoms. The van der Waals surface area contributed by atoms with Crippen molar-refractivity contribution in [2.24, 2.45) is 9.98 Å². The van der Waals surface area contributed by atoms with E-state index in [-0.39, 0.29) is 5.75 Å². The average Bonchev–Trinajstić information content (AvgIpc) is 3.27. The van der Waals surface area contributed by atoms with Crippen LogP contribution in [-0.2, 0) is 0 Å². The van der Waals surface area contributed by atoms with Crippen molar-refractivity contribution in [3.63, 3.8) is 0 Å². The number of benzene rings is 1. The number of hydrogen-bond donors (Lipinski definition) is 2. The first-order valence-corrected chi connectivity index (χ1v) is 10.9. The van der Waals surface area contributed by atoms with Crippen LogP contribution in [0.4, 0.5) is 5.69 Å². The molecule has 0 unspecified atom stereocenters. The Morgan fingerprint density at radius 2 is 1.93 bits per heavy atom. The van der Waals surface area contributed by atoms with Gasteiger partial charge in [-0.3, -0.25) is 14.9 Å². The number of aromatic hydroxyl groups is 1. The molecule has 2 aliphatic heterocycles. The Kier molecular flexibility index (Phi) is 8.48. The standard InChI is InChI=1S/C22H36N6O2/c1-23-19-16-21(30-14-6-9-26(2)3)20(29)15-18(19)22(28-12-7-24-8-13-28)25-17-27-10-4-5-11-27/h15-16,24,29H,1,4-14,17H2,2-3H3/b25-22+. The zero-order chi connectivity index (χ0) is 21.3. The number of likely N-dealkylation sites (tertiary alicyclic amines) is 1. The molecule has 0 radical (unpaired) electrons. The van der Waals surface area contributed by atoms with Crippen LogP contribution in [0.25, 0.3) is 0 Å². The summed E-state index contributed by atoms with van der Waals surface area (Å²) in [6.45, 7) is 11.7. The number of aliphatic imine (C=N–C) groups is 2. The highest BCUT2D eigenvalue weighted by molar-refractivity contribution is 6.04. The highest BCUT2D eigenvalue weighted by Gasteiger charge is 2.22. The van der Waals surface area contributed by atoms with Gasteiger partial charge in [0.15, 0.2) is 11.5 Å². The van der Waals surface area contributed by atoms with Crippen LogP contribution in [0.2, 0.25) is 0 Å². The van der Waals surface area contributed by atoms with Gasteiger partial charge in [-0.1, -0.05) is 0 Å². The largest absolute Gasteiger partial charge is 0.504 e. The SMILES string of the molecule is C=Nc1cc(OCCCN(C)C)c(O)cc1/C(=N\CN1CCCC1)N1CCNCC1. The topological polar surface area (TPSA) is 75.9 Å². The molecule has 30 heavy (non-hydrogen) atoms. The highest BCUT2D eigenvalue weighted by atomic mass is 16.5. The maximum absolute atomic E-state index is 10.7. The zero-order valence-corrected chi connectivity index (χ0v) is 18.4. The number of nitrogens with one attached hydrogen (secondary N) is 1.